The van der Waals surface area contributed by atoms with Crippen LogP contribution in [0.2, 0.25) is 0 Å². The standard InChI is InChI=1S/C64H43N7Si/c1-6-23-44(24-7-1)61-66-62(45-25-20-34-50(43-45)72(47-28-10-3-11-29-47,48-30-12-4-13-31-48)49-32-14-5-15-33-49)68-63(67-61)71-58-42-22-37-52(60(58)70-56-40-19-17-38-54(56)65-64(70)71)51-36-21-41-57-59(51)53-35-16-18-39-55(53)69(57)46-26-8-2-9-27-46/h1-43H. The predicted molar refractivity (Wildman–Crippen MR) is 297 cm³/mol. The van der Waals surface area contributed by atoms with Gasteiger partial charge in [-0.1, -0.05) is 218 Å². The van der Waals surface area contributed by atoms with Gasteiger partial charge in [-0.3, -0.25) is 4.40 Å². The van der Waals surface area contributed by atoms with Crippen LogP contribution in [0.4, 0.5) is 0 Å². The second kappa shape index (κ2) is 16.9. The lowest BCUT2D eigenvalue weighted by atomic mass is 9.98. The van der Waals surface area contributed by atoms with Gasteiger partial charge in [-0.2, -0.15) is 9.97 Å². The molecule has 0 aliphatic rings. The van der Waals surface area contributed by atoms with E-state index in [1.807, 2.05) is 24.3 Å². The smallest absolute Gasteiger partial charge is 0.241 e. The molecular formula is C64H43N7Si. The summed E-state index contributed by atoms with van der Waals surface area (Å²) in [5.41, 5.74) is 11.2. The summed E-state index contributed by atoms with van der Waals surface area (Å²) < 4.78 is 6.80. The number of rotatable bonds is 9. The quantitative estimate of drug-likeness (QED) is 0.107. The van der Waals surface area contributed by atoms with Crippen LogP contribution >= 0.6 is 0 Å². The number of nitrogens with zero attached hydrogens (tertiary/aromatic N) is 7. The monoisotopic (exact) mass is 937 g/mol. The lowest BCUT2D eigenvalue weighted by Gasteiger charge is -2.34. The number of imidazole rings is 2. The molecule has 10 aromatic carbocycles. The maximum absolute atomic E-state index is 5.51. The Balaban J connectivity index is 1.04. The Hall–Kier alpha value is -9.50. The van der Waals surface area contributed by atoms with Crippen LogP contribution in [0.1, 0.15) is 0 Å². The average molecular weight is 938 g/mol. The number of hydrogen-bond acceptors (Lipinski definition) is 4. The highest BCUT2D eigenvalue weighted by Gasteiger charge is 2.41. The van der Waals surface area contributed by atoms with Crippen LogP contribution in [-0.2, 0) is 0 Å². The minimum Gasteiger partial charge on any atom is -0.309 e. The second-order valence-electron chi connectivity index (χ2n) is 18.2. The summed E-state index contributed by atoms with van der Waals surface area (Å²) in [6.45, 7) is 0. The minimum absolute atomic E-state index is 0.480. The molecule has 0 aliphatic carbocycles. The fraction of sp³-hybridized carbons (Fsp3) is 0. The molecule has 0 saturated carbocycles. The molecule has 0 aliphatic heterocycles. The summed E-state index contributed by atoms with van der Waals surface area (Å²) in [4.78, 5) is 21.6. The first-order valence-electron chi connectivity index (χ1n) is 24.3. The zero-order valence-electron chi connectivity index (χ0n) is 39.0. The van der Waals surface area contributed by atoms with Crippen LogP contribution in [0.25, 0.3) is 95.2 Å². The molecule has 338 valence electrons. The van der Waals surface area contributed by atoms with Gasteiger partial charge in [0, 0.05) is 33.2 Å². The Bertz CT molecular complexity index is 4220. The largest absolute Gasteiger partial charge is 0.309 e. The van der Waals surface area contributed by atoms with Gasteiger partial charge in [-0.15, -0.1) is 0 Å². The first kappa shape index (κ1) is 41.5. The van der Waals surface area contributed by atoms with Crippen LogP contribution < -0.4 is 20.7 Å². The van der Waals surface area contributed by atoms with Gasteiger partial charge < -0.3 is 4.57 Å². The third-order valence-electron chi connectivity index (χ3n) is 14.3. The number of para-hydroxylation sites is 5. The molecule has 0 N–H and O–H groups in total. The number of fused-ring (bicyclic) bond motifs is 8. The molecule has 0 saturated heterocycles. The highest BCUT2D eigenvalue weighted by molar-refractivity contribution is 7.19. The van der Waals surface area contributed by atoms with Gasteiger partial charge in [-0.05, 0) is 68.8 Å². The molecule has 4 aromatic heterocycles. The molecule has 0 radical (unpaired) electrons. The van der Waals surface area contributed by atoms with Crippen molar-refractivity contribution in [2.45, 2.75) is 0 Å². The van der Waals surface area contributed by atoms with E-state index in [9.17, 15) is 0 Å². The van der Waals surface area contributed by atoms with Crippen molar-refractivity contribution in [3.8, 4) is 45.5 Å². The van der Waals surface area contributed by atoms with Gasteiger partial charge in [0.25, 0.3) is 0 Å². The Labute approximate surface area is 416 Å². The summed E-state index contributed by atoms with van der Waals surface area (Å²) in [7, 11) is -2.88. The van der Waals surface area contributed by atoms with Crippen molar-refractivity contribution < 1.29 is 0 Å². The lowest BCUT2D eigenvalue weighted by Crippen LogP contribution is -2.74. The number of benzene rings is 10. The van der Waals surface area contributed by atoms with E-state index in [2.05, 4.69) is 250 Å². The SMILES string of the molecule is c1ccc(-c2nc(-c3cccc([Si](c4ccccc4)(c4ccccc4)c4ccccc4)c3)nc(-n3c4cccc(-c5cccc6c5c5ccccc5n6-c5ccccc5)c4n4c5ccccc5nc34)n2)cc1. The zero-order chi connectivity index (χ0) is 47.6. The van der Waals surface area contributed by atoms with Gasteiger partial charge in [0.05, 0.1) is 33.1 Å². The molecule has 4 heterocycles. The summed E-state index contributed by atoms with van der Waals surface area (Å²) in [5, 5.41) is 7.49. The summed E-state index contributed by atoms with van der Waals surface area (Å²) in [6.07, 6.45) is 0. The third-order valence-corrected chi connectivity index (χ3v) is 19.0. The maximum Gasteiger partial charge on any atom is 0.241 e. The van der Waals surface area contributed by atoms with E-state index in [-0.39, 0.29) is 0 Å². The molecule has 0 fully saturated rings. The Morgan fingerprint density at radius 3 is 1.51 bits per heavy atom. The van der Waals surface area contributed by atoms with Crippen molar-refractivity contribution in [1.29, 1.82) is 0 Å². The van der Waals surface area contributed by atoms with Crippen LogP contribution in [0.15, 0.2) is 261 Å². The molecule has 0 amide bonds. The van der Waals surface area contributed by atoms with Crippen LogP contribution in [-0.4, -0.2) is 41.5 Å². The van der Waals surface area contributed by atoms with E-state index in [4.69, 9.17) is 19.9 Å². The van der Waals surface area contributed by atoms with Gasteiger partial charge in [0.15, 0.2) is 19.7 Å². The molecular weight excluding hydrogens is 895 g/mol. The molecule has 72 heavy (non-hydrogen) atoms. The fourth-order valence-corrected chi connectivity index (χ4v) is 16.0. The molecule has 0 spiro atoms. The molecule has 7 nitrogen and oxygen atoms in total. The van der Waals surface area contributed by atoms with Crippen molar-refractivity contribution in [2.75, 3.05) is 0 Å². The van der Waals surface area contributed by atoms with Crippen LogP contribution in [0, 0.1) is 0 Å². The van der Waals surface area contributed by atoms with Crippen molar-refractivity contribution in [2.24, 2.45) is 0 Å². The normalized spacial score (nSPS) is 11.9. The van der Waals surface area contributed by atoms with E-state index >= 15 is 0 Å². The summed E-state index contributed by atoms with van der Waals surface area (Å²) in [6, 6.07) is 93.1. The van der Waals surface area contributed by atoms with E-state index in [0.29, 0.717) is 23.4 Å². The first-order valence-corrected chi connectivity index (χ1v) is 26.3. The highest BCUT2D eigenvalue weighted by Crippen LogP contribution is 2.42. The van der Waals surface area contributed by atoms with E-state index in [1.54, 1.807) is 0 Å². The van der Waals surface area contributed by atoms with Crippen molar-refractivity contribution >= 4 is 78.5 Å². The number of hydrogen-bond donors (Lipinski definition) is 0. The molecule has 14 aromatic rings. The van der Waals surface area contributed by atoms with E-state index in [0.717, 1.165) is 61.0 Å². The molecule has 0 atom stereocenters. The summed E-state index contributed by atoms with van der Waals surface area (Å²) >= 11 is 0. The molecule has 14 rings (SSSR count). The summed E-state index contributed by atoms with van der Waals surface area (Å²) in [5.74, 6) is 2.34. The minimum atomic E-state index is -2.88. The lowest BCUT2D eigenvalue weighted by molar-refractivity contribution is 0.937. The zero-order valence-corrected chi connectivity index (χ0v) is 40.0. The van der Waals surface area contributed by atoms with E-state index in [1.165, 1.54) is 31.5 Å². The Kier molecular flexibility index (Phi) is 9.72. The van der Waals surface area contributed by atoms with Crippen LogP contribution in [0.5, 0.6) is 0 Å². The van der Waals surface area contributed by atoms with Crippen molar-refractivity contribution in [3.05, 3.63) is 261 Å². The Morgan fingerprint density at radius 2 is 0.833 bits per heavy atom. The first-order chi connectivity index (χ1) is 35.7. The van der Waals surface area contributed by atoms with Gasteiger partial charge in [0.2, 0.25) is 11.7 Å². The number of aromatic nitrogens is 7. The van der Waals surface area contributed by atoms with Gasteiger partial charge >= 0.3 is 0 Å². The Morgan fingerprint density at radius 1 is 0.333 bits per heavy atom. The van der Waals surface area contributed by atoms with Crippen molar-refractivity contribution in [3.63, 3.8) is 0 Å². The maximum atomic E-state index is 5.51. The average Bonchev–Trinajstić information content (AvgIpc) is 4.12. The highest BCUT2D eigenvalue weighted by atomic mass is 28.3. The van der Waals surface area contributed by atoms with E-state index < -0.39 is 8.07 Å². The van der Waals surface area contributed by atoms with Gasteiger partial charge in [0.1, 0.15) is 0 Å². The molecule has 8 heteroatoms. The fourth-order valence-electron chi connectivity index (χ4n) is 11.2. The van der Waals surface area contributed by atoms with Crippen molar-refractivity contribution in [1.82, 2.24) is 33.5 Å². The van der Waals surface area contributed by atoms with Crippen LogP contribution in [0.3, 0.4) is 0 Å². The predicted octanol–water partition coefficient (Wildman–Crippen LogP) is 12.1. The molecule has 0 unspecified atom stereocenters. The topological polar surface area (TPSA) is 65.8 Å². The second-order valence-corrected chi connectivity index (χ2v) is 22.0. The molecule has 0 bridgehead atoms. The third kappa shape index (κ3) is 6.43. The van der Waals surface area contributed by atoms with Gasteiger partial charge in [-0.25, -0.2) is 14.5 Å².